The van der Waals surface area contributed by atoms with Crippen LogP contribution in [0.4, 0.5) is 13.2 Å². The average Bonchev–Trinajstić information content (AvgIpc) is 3.43. The molecule has 0 radical (unpaired) electrons. The standard InChI is InChI=1S/C28H36N2O8S.C2HF3O2/c1-5-7-9-19-13-23(37-35-17(3)31)27(38-36-18(4)32)21(10-8-6-2)26(19)22(33)16-30-28(34)25-14-20-15-29-12-11-24(20)39-25;3-2(4,5)1(6)7/h13-14,29H,5-12,15-16H2,1-4H3,(H,30,34);(H,6,7). The van der Waals surface area contributed by atoms with E-state index in [4.69, 9.17) is 29.5 Å². The first-order chi connectivity index (χ1) is 21.7. The van der Waals surface area contributed by atoms with Gasteiger partial charge < -0.3 is 15.7 Å². The van der Waals surface area contributed by atoms with Gasteiger partial charge in [-0.3, -0.25) is 29.1 Å². The summed E-state index contributed by atoms with van der Waals surface area (Å²) in [6.07, 6.45) is -0.0930. The van der Waals surface area contributed by atoms with Gasteiger partial charge in [-0.2, -0.15) is 13.2 Å². The molecule has 0 fully saturated rings. The van der Waals surface area contributed by atoms with Crippen LogP contribution < -0.4 is 20.4 Å². The molecule has 2 heterocycles. The number of alkyl halides is 3. The topological polar surface area (TPSA) is 167 Å². The SMILES string of the molecule is CCCCc1cc(OOC(C)=O)c(OOC(C)=O)c(CCCC)c1C(=O)CNC(=O)c1cc2c(s1)CCNC2.O=C(O)C(F)(F)F. The lowest BCUT2D eigenvalue weighted by molar-refractivity contribution is -0.223. The molecule has 1 aromatic carbocycles. The molecule has 2 aromatic rings. The quantitative estimate of drug-likeness (QED) is 0.140. The number of carbonyl (C=O) groups excluding carboxylic acids is 4. The zero-order valence-corrected chi connectivity index (χ0v) is 26.7. The van der Waals surface area contributed by atoms with Crippen molar-refractivity contribution < 1.29 is 61.8 Å². The summed E-state index contributed by atoms with van der Waals surface area (Å²) in [6, 6.07) is 3.43. The van der Waals surface area contributed by atoms with Crippen molar-refractivity contribution in [3.05, 3.63) is 44.1 Å². The van der Waals surface area contributed by atoms with Crippen LogP contribution in [0.1, 0.15) is 95.0 Å². The third-order valence-electron chi connectivity index (χ3n) is 6.39. The maximum absolute atomic E-state index is 13.7. The van der Waals surface area contributed by atoms with Crippen LogP contribution in [0.3, 0.4) is 0 Å². The number of rotatable bonds is 14. The molecule has 1 aromatic heterocycles. The summed E-state index contributed by atoms with van der Waals surface area (Å²) in [4.78, 5) is 80.4. The predicted octanol–water partition coefficient (Wildman–Crippen LogP) is 5.04. The Morgan fingerprint density at radius 3 is 2.15 bits per heavy atom. The van der Waals surface area contributed by atoms with Crippen LogP contribution in [0.25, 0.3) is 0 Å². The highest BCUT2D eigenvalue weighted by Crippen LogP contribution is 2.39. The first-order valence-corrected chi connectivity index (χ1v) is 15.3. The number of unbranched alkanes of at least 4 members (excludes halogenated alkanes) is 2. The molecule has 1 aliphatic heterocycles. The van der Waals surface area contributed by atoms with E-state index < -0.39 is 24.1 Å². The molecule has 0 bridgehead atoms. The van der Waals surface area contributed by atoms with Crippen LogP contribution >= 0.6 is 11.3 Å². The number of nitrogens with one attached hydrogen (secondary N) is 2. The number of ketones is 1. The molecule has 0 spiro atoms. The largest absolute Gasteiger partial charge is 0.490 e. The highest BCUT2D eigenvalue weighted by atomic mass is 32.1. The monoisotopic (exact) mass is 674 g/mol. The van der Waals surface area contributed by atoms with Crippen molar-refractivity contribution in [3.8, 4) is 11.5 Å². The minimum Gasteiger partial charge on any atom is -0.475 e. The van der Waals surface area contributed by atoms with Crippen molar-refractivity contribution in [2.24, 2.45) is 0 Å². The summed E-state index contributed by atoms with van der Waals surface area (Å²) >= 11 is 1.45. The number of aryl methyl sites for hydroxylation is 1. The van der Waals surface area contributed by atoms with Gasteiger partial charge in [0.05, 0.1) is 11.4 Å². The number of Topliss-reactive ketones (excluding diaryl/α,β-unsaturated/α-hetero) is 1. The molecule has 254 valence electrons. The average molecular weight is 675 g/mol. The maximum Gasteiger partial charge on any atom is 0.490 e. The third-order valence-corrected chi connectivity index (χ3v) is 7.63. The van der Waals surface area contributed by atoms with E-state index in [2.05, 4.69) is 10.6 Å². The minimum absolute atomic E-state index is 0.0158. The molecule has 1 aliphatic rings. The number of carbonyl (C=O) groups is 5. The molecule has 0 saturated heterocycles. The number of hydrogen-bond acceptors (Lipinski definition) is 11. The van der Waals surface area contributed by atoms with Crippen LogP contribution in [-0.2, 0) is 50.0 Å². The fourth-order valence-corrected chi connectivity index (χ4v) is 5.41. The number of thiophene rings is 1. The van der Waals surface area contributed by atoms with Gasteiger partial charge in [-0.05, 0) is 55.4 Å². The Hall–Kier alpha value is -4.18. The summed E-state index contributed by atoms with van der Waals surface area (Å²) in [6.45, 7) is 7.77. The number of carboxylic acids is 1. The Morgan fingerprint density at radius 1 is 0.978 bits per heavy atom. The zero-order valence-electron chi connectivity index (χ0n) is 25.9. The lowest BCUT2D eigenvalue weighted by Crippen LogP contribution is -2.30. The molecule has 1 amide bonds. The van der Waals surface area contributed by atoms with Gasteiger partial charge in [0.1, 0.15) is 0 Å². The number of hydrogen-bond donors (Lipinski definition) is 3. The van der Waals surface area contributed by atoms with E-state index in [0.29, 0.717) is 40.8 Å². The normalized spacial score (nSPS) is 12.2. The van der Waals surface area contributed by atoms with Crippen molar-refractivity contribution in [1.82, 2.24) is 10.6 Å². The molecule has 16 heteroatoms. The first-order valence-electron chi connectivity index (χ1n) is 14.5. The second kappa shape index (κ2) is 18.1. The number of amides is 1. The van der Waals surface area contributed by atoms with E-state index >= 15 is 0 Å². The van der Waals surface area contributed by atoms with Gasteiger partial charge in [0.25, 0.3) is 5.91 Å². The second-order valence-electron chi connectivity index (χ2n) is 10.1. The Morgan fingerprint density at radius 2 is 1.59 bits per heavy atom. The number of fused-ring (bicyclic) bond motifs is 1. The molecular weight excluding hydrogens is 637 g/mol. The molecule has 0 aliphatic carbocycles. The lowest BCUT2D eigenvalue weighted by Gasteiger charge is -2.20. The van der Waals surface area contributed by atoms with Gasteiger partial charge in [-0.25, -0.2) is 14.4 Å². The van der Waals surface area contributed by atoms with E-state index in [1.165, 1.54) is 30.1 Å². The lowest BCUT2D eigenvalue weighted by atomic mass is 9.90. The van der Waals surface area contributed by atoms with Gasteiger partial charge in [0, 0.05) is 42.9 Å². The number of benzene rings is 1. The number of carboxylic acid groups (broad SMARTS) is 1. The van der Waals surface area contributed by atoms with Crippen LogP contribution in [0.5, 0.6) is 11.5 Å². The van der Waals surface area contributed by atoms with Crippen molar-refractivity contribution in [3.63, 3.8) is 0 Å². The molecule has 0 unspecified atom stereocenters. The fraction of sp³-hybridized carbons (Fsp3) is 0.500. The highest BCUT2D eigenvalue weighted by Gasteiger charge is 2.38. The molecular formula is C30H37F3N2O10S. The van der Waals surface area contributed by atoms with Crippen LogP contribution in [-0.4, -0.2) is 54.0 Å². The summed E-state index contributed by atoms with van der Waals surface area (Å²) in [5.74, 6) is -4.77. The van der Waals surface area contributed by atoms with Crippen molar-refractivity contribution in [2.45, 2.75) is 85.4 Å². The van der Waals surface area contributed by atoms with E-state index in [1.54, 1.807) is 6.07 Å². The molecule has 12 nitrogen and oxygen atoms in total. The van der Waals surface area contributed by atoms with Crippen LogP contribution in [0, 0.1) is 0 Å². The van der Waals surface area contributed by atoms with Gasteiger partial charge in [-0.15, -0.1) is 11.3 Å². The van der Waals surface area contributed by atoms with Gasteiger partial charge >= 0.3 is 24.1 Å². The van der Waals surface area contributed by atoms with Crippen molar-refractivity contribution in [1.29, 1.82) is 0 Å². The smallest absolute Gasteiger partial charge is 0.475 e. The Kier molecular flexibility index (Phi) is 14.9. The summed E-state index contributed by atoms with van der Waals surface area (Å²) < 4.78 is 31.7. The second-order valence-corrected chi connectivity index (χ2v) is 11.3. The third kappa shape index (κ3) is 11.6. The van der Waals surface area contributed by atoms with E-state index in [0.717, 1.165) is 44.3 Å². The molecule has 3 N–H and O–H groups in total. The Labute approximate surface area is 267 Å². The van der Waals surface area contributed by atoms with Crippen molar-refractivity contribution >= 4 is 40.9 Å². The molecule has 46 heavy (non-hydrogen) atoms. The summed E-state index contributed by atoms with van der Waals surface area (Å²) in [5, 5.41) is 13.2. The van der Waals surface area contributed by atoms with E-state index in [-0.39, 0.29) is 29.7 Å². The van der Waals surface area contributed by atoms with Crippen molar-refractivity contribution in [2.75, 3.05) is 13.1 Å². The molecule has 3 rings (SSSR count). The van der Waals surface area contributed by atoms with E-state index in [1.807, 2.05) is 19.9 Å². The maximum atomic E-state index is 13.7. The van der Waals surface area contributed by atoms with Crippen LogP contribution in [0.2, 0.25) is 0 Å². The predicted molar refractivity (Wildman–Crippen MR) is 159 cm³/mol. The van der Waals surface area contributed by atoms with Gasteiger partial charge in [-0.1, -0.05) is 26.7 Å². The molecule has 0 atom stereocenters. The van der Waals surface area contributed by atoms with Gasteiger partial charge in [0.2, 0.25) is 11.5 Å². The van der Waals surface area contributed by atoms with E-state index in [9.17, 15) is 32.3 Å². The number of aliphatic carboxylic acids is 1. The Balaban J connectivity index is 0.000000942. The summed E-state index contributed by atoms with van der Waals surface area (Å²) in [7, 11) is 0. The summed E-state index contributed by atoms with van der Waals surface area (Å²) in [5.41, 5.74) is 2.62. The first kappa shape index (κ1) is 38.0. The van der Waals surface area contributed by atoms with Crippen LogP contribution in [0.15, 0.2) is 12.1 Å². The minimum atomic E-state index is -5.08. The highest BCUT2D eigenvalue weighted by molar-refractivity contribution is 7.14. The zero-order chi connectivity index (χ0) is 34.4. The Bertz CT molecular complexity index is 1380. The molecule has 0 saturated carbocycles. The van der Waals surface area contributed by atoms with Gasteiger partial charge in [0.15, 0.2) is 5.78 Å². The fourth-order valence-electron chi connectivity index (χ4n) is 4.31. The number of halogens is 3.